The molecule has 0 unspecified atom stereocenters. The number of carbonyl (C=O) groups is 1. The van der Waals surface area contributed by atoms with Gasteiger partial charge in [-0.1, -0.05) is 41.4 Å². The second-order valence-electron chi connectivity index (χ2n) is 6.10. The number of halogens is 4. The molecule has 0 spiro atoms. The van der Waals surface area contributed by atoms with E-state index in [2.05, 4.69) is 5.32 Å². The van der Waals surface area contributed by atoms with Crippen molar-refractivity contribution in [2.45, 2.75) is 4.90 Å². The Kier molecular flexibility index (Phi) is 6.60. The van der Waals surface area contributed by atoms with Gasteiger partial charge in [-0.3, -0.25) is 9.10 Å². The molecule has 0 fully saturated rings. The first kappa shape index (κ1) is 22.0. The lowest BCUT2D eigenvalue weighted by Gasteiger charge is -2.25. The molecule has 0 saturated carbocycles. The fourth-order valence-electron chi connectivity index (χ4n) is 2.60. The van der Waals surface area contributed by atoms with Gasteiger partial charge in [0.25, 0.3) is 10.0 Å². The summed E-state index contributed by atoms with van der Waals surface area (Å²) in [6, 6.07) is 14.4. The number of amides is 1. The van der Waals surface area contributed by atoms with Gasteiger partial charge in [0.1, 0.15) is 6.54 Å². The summed E-state index contributed by atoms with van der Waals surface area (Å²) in [5.41, 5.74) is -0.0402. The molecule has 0 radical (unpaired) electrons. The molecule has 0 saturated heterocycles. The molecule has 0 aliphatic heterocycles. The van der Waals surface area contributed by atoms with Gasteiger partial charge in [-0.25, -0.2) is 17.2 Å². The van der Waals surface area contributed by atoms with Crippen LogP contribution in [0, 0.1) is 11.6 Å². The molecular formula is C20H14Cl2F2N2O3S. The van der Waals surface area contributed by atoms with E-state index in [1.165, 1.54) is 42.5 Å². The molecule has 0 aromatic heterocycles. The summed E-state index contributed by atoms with van der Waals surface area (Å²) in [5, 5.41) is 2.61. The zero-order chi connectivity index (χ0) is 21.9. The Morgan fingerprint density at radius 3 is 2.30 bits per heavy atom. The Hall–Kier alpha value is -2.68. The molecule has 0 aliphatic carbocycles. The molecule has 10 heteroatoms. The van der Waals surface area contributed by atoms with Gasteiger partial charge >= 0.3 is 0 Å². The number of anilines is 2. The largest absolute Gasteiger partial charge is 0.324 e. The number of nitrogens with one attached hydrogen (secondary N) is 1. The fourth-order valence-corrected chi connectivity index (χ4v) is 4.49. The molecule has 0 heterocycles. The van der Waals surface area contributed by atoms with E-state index in [0.717, 1.165) is 22.5 Å². The minimum absolute atomic E-state index is 0.00606. The van der Waals surface area contributed by atoms with Gasteiger partial charge in [0.2, 0.25) is 5.91 Å². The van der Waals surface area contributed by atoms with Crippen molar-refractivity contribution in [3.63, 3.8) is 0 Å². The predicted molar refractivity (Wildman–Crippen MR) is 112 cm³/mol. The lowest BCUT2D eigenvalue weighted by atomic mass is 10.3. The minimum Gasteiger partial charge on any atom is -0.324 e. The van der Waals surface area contributed by atoms with E-state index in [4.69, 9.17) is 23.2 Å². The topological polar surface area (TPSA) is 66.5 Å². The standard InChI is InChI=1S/C20H14Cl2F2N2O3S/c21-13-6-8-16(22)19(10-13)26(30(28,29)15-4-2-1-3-5-15)12-20(27)25-14-7-9-17(23)18(24)11-14/h1-11H,12H2,(H,25,27). The monoisotopic (exact) mass is 470 g/mol. The van der Waals surface area contributed by atoms with Crippen molar-refractivity contribution in [3.8, 4) is 0 Å². The average Bonchev–Trinajstić information content (AvgIpc) is 2.71. The fraction of sp³-hybridized carbons (Fsp3) is 0.0500. The normalized spacial score (nSPS) is 11.2. The van der Waals surface area contributed by atoms with Crippen LogP contribution in [0.4, 0.5) is 20.2 Å². The Morgan fingerprint density at radius 1 is 0.933 bits per heavy atom. The molecular weight excluding hydrogens is 457 g/mol. The first-order chi connectivity index (χ1) is 14.2. The second kappa shape index (κ2) is 8.99. The summed E-state index contributed by atoms with van der Waals surface area (Å²) in [5.74, 6) is -3.03. The minimum atomic E-state index is -4.20. The zero-order valence-corrected chi connectivity index (χ0v) is 17.5. The molecule has 156 valence electrons. The predicted octanol–water partition coefficient (Wildman–Crippen LogP) is 5.11. The van der Waals surface area contributed by atoms with Gasteiger partial charge in [-0.05, 0) is 42.5 Å². The smallest absolute Gasteiger partial charge is 0.264 e. The highest BCUT2D eigenvalue weighted by molar-refractivity contribution is 7.92. The van der Waals surface area contributed by atoms with Gasteiger partial charge in [-0.15, -0.1) is 0 Å². The van der Waals surface area contributed by atoms with Crippen LogP contribution in [0.15, 0.2) is 71.6 Å². The number of sulfonamides is 1. The van der Waals surface area contributed by atoms with E-state index in [1.54, 1.807) is 6.07 Å². The van der Waals surface area contributed by atoms with E-state index in [-0.39, 0.29) is 26.3 Å². The molecule has 5 nitrogen and oxygen atoms in total. The van der Waals surface area contributed by atoms with Crippen LogP contribution in [0.25, 0.3) is 0 Å². The van der Waals surface area contributed by atoms with E-state index in [1.807, 2.05) is 0 Å². The van der Waals surface area contributed by atoms with Crippen molar-refractivity contribution in [1.29, 1.82) is 0 Å². The van der Waals surface area contributed by atoms with Crippen molar-refractivity contribution < 1.29 is 22.0 Å². The van der Waals surface area contributed by atoms with E-state index < -0.39 is 34.1 Å². The van der Waals surface area contributed by atoms with Crippen LogP contribution in [0.1, 0.15) is 0 Å². The van der Waals surface area contributed by atoms with Crippen molar-refractivity contribution in [2.75, 3.05) is 16.2 Å². The number of hydrogen-bond donors (Lipinski definition) is 1. The van der Waals surface area contributed by atoms with E-state index in [9.17, 15) is 22.0 Å². The number of benzene rings is 3. The van der Waals surface area contributed by atoms with Gasteiger partial charge in [-0.2, -0.15) is 0 Å². The summed E-state index contributed by atoms with van der Waals surface area (Å²) in [6.07, 6.45) is 0. The lowest BCUT2D eigenvalue weighted by molar-refractivity contribution is -0.114. The van der Waals surface area contributed by atoms with E-state index in [0.29, 0.717) is 0 Å². The maximum Gasteiger partial charge on any atom is 0.264 e. The van der Waals surface area contributed by atoms with Crippen molar-refractivity contribution in [1.82, 2.24) is 0 Å². The molecule has 0 bridgehead atoms. The Bertz CT molecular complexity index is 1190. The van der Waals surface area contributed by atoms with Gasteiger partial charge in [0.05, 0.1) is 15.6 Å². The van der Waals surface area contributed by atoms with Crippen LogP contribution < -0.4 is 9.62 Å². The summed E-state index contributed by atoms with van der Waals surface area (Å²) in [7, 11) is -4.20. The highest BCUT2D eigenvalue weighted by atomic mass is 35.5. The van der Waals surface area contributed by atoms with E-state index >= 15 is 0 Å². The Balaban J connectivity index is 1.98. The number of carbonyl (C=O) groups excluding carboxylic acids is 1. The van der Waals surface area contributed by atoms with Crippen LogP contribution in [-0.2, 0) is 14.8 Å². The maximum atomic E-state index is 13.4. The third-order valence-electron chi connectivity index (χ3n) is 4.00. The molecule has 30 heavy (non-hydrogen) atoms. The zero-order valence-electron chi connectivity index (χ0n) is 15.2. The second-order valence-corrected chi connectivity index (χ2v) is 8.80. The van der Waals surface area contributed by atoms with Crippen LogP contribution in [0.2, 0.25) is 10.0 Å². The van der Waals surface area contributed by atoms with Crippen molar-refractivity contribution in [2.24, 2.45) is 0 Å². The van der Waals surface area contributed by atoms with Gasteiger partial charge < -0.3 is 5.32 Å². The first-order valence-electron chi connectivity index (χ1n) is 8.46. The molecule has 3 aromatic carbocycles. The quantitative estimate of drug-likeness (QED) is 0.544. The van der Waals surface area contributed by atoms with Crippen LogP contribution >= 0.6 is 23.2 Å². The van der Waals surface area contributed by atoms with Gasteiger partial charge in [0.15, 0.2) is 11.6 Å². The van der Waals surface area contributed by atoms with Crippen LogP contribution in [-0.4, -0.2) is 20.9 Å². The third-order valence-corrected chi connectivity index (χ3v) is 6.33. The van der Waals surface area contributed by atoms with Crippen LogP contribution in [0.5, 0.6) is 0 Å². The Labute approximate surface area is 181 Å². The Morgan fingerprint density at radius 2 is 1.63 bits per heavy atom. The molecule has 1 N–H and O–H groups in total. The highest BCUT2D eigenvalue weighted by Crippen LogP contribution is 2.33. The summed E-state index contributed by atoms with van der Waals surface area (Å²) < 4.78 is 53.7. The number of hydrogen-bond acceptors (Lipinski definition) is 3. The lowest BCUT2D eigenvalue weighted by Crippen LogP contribution is -2.38. The average molecular weight is 471 g/mol. The maximum absolute atomic E-state index is 13.4. The van der Waals surface area contributed by atoms with Crippen molar-refractivity contribution >= 4 is 50.5 Å². The first-order valence-corrected chi connectivity index (χ1v) is 10.7. The highest BCUT2D eigenvalue weighted by Gasteiger charge is 2.29. The van der Waals surface area contributed by atoms with Gasteiger partial charge in [0, 0.05) is 16.8 Å². The number of rotatable bonds is 6. The molecule has 0 aliphatic rings. The molecule has 0 atom stereocenters. The summed E-state index contributed by atoms with van der Waals surface area (Å²) in [6.45, 7) is -0.684. The summed E-state index contributed by atoms with van der Waals surface area (Å²) in [4.78, 5) is 12.5. The van der Waals surface area contributed by atoms with Crippen LogP contribution in [0.3, 0.4) is 0 Å². The molecule has 3 aromatic rings. The van der Waals surface area contributed by atoms with Crippen molar-refractivity contribution in [3.05, 3.63) is 88.4 Å². The molecule has 3 rings (SSSR count). The third kappa shape index (κ3) is 4.89. The SMILES string of the molecule is O=C(CN(c1cc(Cl)ccc1Cl)S(=O)(=O)c1ccccc1)Nc1ccc(F)c(F)c1. The number of nitrogens with zero attached hydrogens (tertiary/aromatic N) is 1. The molecule has 1 amide bonds. The summed E-state index contributed by atoms with van der Waals surface area (Å²) >= 11 is 12.2.